The molecule has 41 heavy (non-hydrogen) atoms. The molecule has 1 aliphatic heterocycles. The molecular weight excluding hydrogens is 584 g/mol. The molecule has 1 aromatic heterocycles. The number of ether oxygens (including phenoxy) is 1. The van der Waals surface area contributed by atoms with E-state index in [0.29, 0.717) is 9.90 Å². The second-order valence-corrected chi connectivity index (χ2v) is 13.5. The number of piperazine rings is 1. The maximum absolute atomic E-state index is 13.5. The van der Waals surface area contributed by atoms with E-state index in [1.165, 1.54) is 11.0 Å². The number of benzene rings is 3. The van der Waals surface area contributed by atoms with Gasteiger partial charge in [-0.25, -0.2) is 13.2 Å². The van der Waals surface area contributed by atoms with Crippen LogP contribution in [-0.4, -0.2) is 67.1 Å². The number of halogens is 1. The molecule has 1 atom stereocenters. The van der Waals surface area contributed by atoms with E-state index in [4.69, 9.17) is 16.3 Å². The molecule has 11 heteroatoms. The molecule has 4 aromatic rings. The fourth-order valence-corrected chi connectivity index (χ4v) is 8.58. The van der Waals surface area contributed by atoms with E-state index in [2.05, 4.69) is 0 Å². The van der Waals surface area contributed by atoms with Gasteiger partial charge in [0.15, 0.2) is 0 Å². The van der Waals surface area contributed by atoms with E-state index in [-0.39, 0.29) is 36.4 Å². The summed E-state index contributed by atoms with van der Waals surface area (Å²) in [5.41, 5.74) is 5.13. The summed E-state index contributed by atoms with van der Waals surface area (Å²) in [7, 11) is -4.13. The summed E-state index contributed by atoms with van der Waals surface area (Å²) in [6.45, 7) is -0.390. The molecule has 6 rings (SSSR count). The number of aliphatic carboxylic acids is 1. The van der Waals surface area contributed by atoms with Crippen molar-refractivity contribution in [1.29, 1.82) is 0 Å². The first-order valence-electron chi connectivity index (χ1n) is 12.9. The smallest absolute Gasteiger partial charge is 0.409 e. The van der Waals surface area contributed by atoms with Crippen LogP contribution in [0.5, 0.6) is 0 Å². The Morgan fingerprint density at radius 1 is 0.902 bits per heavy atom. The van der Waals surface area contributed by atoms with Gasteiger partial charge in [-0.15, -0.1) is 11.3 Å². The van der Waals surface area contributed by atoms with Crippen LogP contribution in [-0.2, 0) is 19.6 Å². The Kier molecular flexibility index (Phi) is 7.33. The van der Waals surface area contributed by atoms with Gasteiger partial charge in [-0.2, -0.15) is 4.31 Å². The van der Waals surface area contributed by atoms with E-state index in [1.54, 1.807) is 30.3 Å². The van der Waals surface area contributed by atoms with Crippen molar-refractivity contribution in [3.05, 3.63) is 101 Å². The van der Waals surface area contributed by atoms with Crippen LogP contribution in [0.15, 0.2) is 89.1 Å². The number of rotatable bonds is 6. The van der Waals surface area contributed by atoms with Crippen LogP contribution in [0.25, 0.3) is 21.6 Å². The van der Waals surface area contributed by atoms with E-state index in [9.17, 15) is 23.1 Å². The molecular formula is C30H25ClN2O6S2. The number of carbonyl (C=O) groups is 2. The van der Waals surface area contributed by atoms with Crippen molar-refractivity contribution in [1.82, 2.24) is 9.21 Å². The van der Waals surface area contributed by atoms with Gasteiger partial charge >= 0.3 is 12.1 Å². The van der Waals surface area contributed by atoms with E-state index in [0.717, 1.165) is 43.5 Å². The first-order chi connectivity index (χ1) is 19.7. The number of amides is 1. The molecule has 0 bridgehead atoms. The van der Waals surface area contributed by atoms with Gasteiger partial charge < -0.3 is 14.7 Å². The summed E-state index contributed by atoms with van der Waals surface area (Å²) in [5, 5.41) is 10.5. The lowest BCUT2D eigenvalue weighted by molar-refractivity contribution is -0.143. The zero-order chi connectivity index (χ0) is 28.7. The highest BCUT2D eigenvalue weighted by Crippen LogP contribution is 2.44. The maximum Gasteiger partial charge on any atom is 0.409 e. The average molecular weight is 609 g/mol. The molecule has 2 heterocycles. The number of carboxylic acids is 1. The molecule has 0 saturated carbocycles. The Hall–Kier alpha value is -3.70. The Morgan fingerprint density at radius 3 is 2.17 bits per heavy atom. The van der Waals surface area contributed by atoms with E-state index < -0.39 is 28.1 Å². The first kappa shape index (κ1) is 27.5. The number of carbonyl (C=O) groups excluding carboxylic acids is 1. The maximum atomic E-state index is 13.5. The van der Waals surface area contributed by atoms with Crippen molar-refractivity contribution in [2.45, 2.75) is 16.2 Å². The molecule has 210 valence electrons. The van der Waals surface area contributed by atoms with Crippen molar-refractivity contribution in [3.63, 3.8) is 0 Å². The Labute approximate surface area is 246 Å². The van der Waals surface area contributed by atoms with Crippen LogP contribution in [0.4, 0.5) is 4.79 Å². The minimum absolute atomic E-state index is 0.00903. The quantitative estimate of drug-likeness (QED) is 0.298. The molecule has 3 aromatic carbocycles. The average Bonchev–Trinajstić information content (AvgIpc) is 3.60. The number of sulfonamides is 1. The fourth-order valence-electron chi connectivity index (χ4n) is 5.45. The number of hydrogen-bond acceptors (Lipinski definition) is 6. The fraction of sp³-hybridized carbons (Fsp3) is 0.200. The lowest BCUT2D eigenvalue weighted by Gasteiger charge is -2.37. The van der Waals surface area contributed by atoms with E-state index >= 15 is 0 Å². The zero-order valence-corrected chi connectivity index (χ0v) is 24.0. The summed E-state index contributed by atoms with van der Waals surface area (Å²) >= 11 is 7.01. The predicted octanol–water partition coefficient (Wildman–Crippen LogP) is 5.78. The third-order valence-electron chi connectivity index (χ3n) is 7.48. The van der Waals surface area contributed by atoms with Crippen molar-refractivity contribution in [2.75, 3.05) is 26.2 Å². The third-order valence-corrected chi connectivity index (χ3v) is 11.2. The van der Waals surface area contributed by atoms with Crippen LogP contribution in [0, 0.1) is 0 Å². The molecule has 0 radical (unpaired) electrons. The Balaban J connectivity index is 1.16. The van der Waals surface area contributed by atoms with Crippen molar-refractivity contribution in [3.8, 4) is 21.6 Å². The molecule has 2 aliphatic rings. The molecule has 0 unspecified atom stereocenters. The number of thiophene rings is 1. The number of fused-ring (bicyclic) bond motifs is 3. The topological polar surface area (TPSA) is 104 Å². The van der Waals surface area contributed by atoms with Gasteiger partial charge in [-0.1, -0.05) is 72.3 Å². The van der Waals surface area contributed by atoms with Gasteiger partial charge in [0.05, 0.1) is 6.54 Å². The zero-order valence-electron chi connectivity index (χ0n) is 21.6. The predicted molar refractivity (Wildman–Crippen MR) is 157 cm³/mol. The summed E-state index contributed by atoms with van der Waals surface area (Å²) < 4.78 is 33.7. The van der Waals surface area contributed by atoms with Crippen LogP contribution in [0.3, 0.4) is 0 Å². The van der Waals surface area contributed by atoms with Crippen LogP contribution in [0.2, 0.25) is 5.02 Å². The van der Waals surface area contributed by atoms with Gasteiger partial charge in [-0.3, -0.25) is 4.79 Å². The van der Waals surface area contributed by atoms with Crippen LogP contribution >= 0.6 is 22.9 Å². The second-order valence-electron chi connectivity index (χ2n) is 9.85. The second kappa shape index (κ2) is 10.9. The monoisotopic (exact) mass is 608 g/mol. The van der Waals surface area contributed by atoms with Gasteiger partial charge in [0, 0.05) is 28.9 Å². The molecule has 1 aliphatic carbocycles. The highest BCUT2D eigenvalue weighted by molar-refractivity contribution is 7.91. The molecule has 1 saturated heterocycles. The normalized spacial score (nSPS) is 17.2. The standard InChI is InChI=1S/C30H25ClN2O6S2/c31-20-11-9-19(10-12-20)27-13-14-28(40-27)41(37,38)33-16-15-32(17-26(33)29(34)35)30(36)39-18-25-23-7-3-1-5-21(23)22-6-2-4-8-24(22)25/h1-14,25-26H,15-18H2,(H,34,35)/t26-/m1/s1. The van der Waals surface area contributed by atoms with Gasteiger partial charge in [0.25, 0.3) is 10.0 Å². The summed E-state index contributed by atoms with van der Waals surface area (Å²) in [6.07, 6.45) is -0.670. The Morgan fingerprint density at radius 2 is 1.54 bits per heavy atom. The largest absolute Gasteiger partial charge is 0.480 e. The lowest BCUT2D eigenvalue weighted by Crippen LogP contribution is -2.59. The number of hydrogen-bond donors (Lipinski definition) is 1. The lowest BCUT2D eigenvalue weighted by atomic mass is 9.98. The minimum Gasteiger partial charge on any atom is -0.480 e. The van der Waals surface area contributed by atoms with Crippen molar-refractivity contribution in [2.24, 2.45) is 0 Å². The number of carboxylic acid groups (broad SMARTS) is 1. The number of nitrogens with zero attached hydrogens (tertiary/aromatic N) is 2. The first-order valence-corrected chi connectivity index (χ1v) is 15.6. The van der Waals surface area contributed by atoms with Crippen LogP contribution in [0.1, 0.15) is 17.0 Å². The molecule has 1 N–H and O–H groups in total. The highest BCUT2D eigenvalue weighted by Gasteiger charge is 2.42. The van der Waals surface area contributed by atoms with Crippen LogP contribution < -0.4 is 0 Å². The summed E-state index contributed by atoms with van der Waals surface area (Å²) in [5.74, 6) is -1.48. The van der Waals surface area contributed by atoms with Gasteiger partial charge in [0.2, 0.25) is 0 Å². The highest BCUT2D eigenvalue weighted by atomic mass is 35.5. The molecule has 8 nitrogen and oxygen atoms in total. The van der Waals surface area contributed by atoms with Crippen molar-refractivity contribution >= 4 is 45.0 Å². The van der Waals surface area contributed by atoms with Crippen molar-refractivity contribution < 1.29 is 27.9 Å². The van der Waals surface area contributed by atoms with Gasteiger partial charge in [-0.05, 0) is 52.1 Å². The third kappa shape index (κ3) is 5.12. The minimum atomic E-state index is -4.13. The van der Waals surface area contributed by atoms with E-state index in [1.807, 2.05) is 48.5 Å². The summed E-state index contributed by atoms with van der Waals surface area (Å²) in [6, 6.07) is 24.7. The molecule has 1 fully saturated rings. The Bertz CT molecular complexity index is 1690. The van der Waals surface area contributed by atoms with Gasteiger partial charge in [0.1, 0.15) is 16.9 Å². The molecule has 0 spiro atoms. The SMILES string of the molecule is O=C(O)[C@H]1CN(C(=O)OCC2c3ccccc3-c3ccccc32)CCN1S(=O)(=O)c1ccc(-c2ccc(Cl)cc2)s1. The molecule has 1 amide bonds. The summed E-state index contributed by atoms with van der Waals surface area (Å²) in [4.78, 5) is 27.3.